The summed E-state index contributed by atoms with van der Waals surface area (Å²) < 4.78 is 36.4. The molecule has 10 atom stereocenters. The highest BCUT2D eigenvalue weighted by atomic mass is 16.7. The van der Waals surface area contributed by atoms with Crippen molar-refractivity contribution in [2.45, 2.75) is 95.5 Å². The number of esters is 2. The molecule has 206 valence electrons. The molecule has 0 aromatic heterocycles. The van der Waals surface area contributed by atoms with Crippen molar-refractivity contribution < 1.29 is 43.1 Å². The molecule has 0 amide bonds. The molecule has 6 aliphatic rings. The number of carbonyl (C=O) groups excluding carboxylic acids is 2. The first-order valence-corrected chi connectivity index (χ1v) is 13.5. The molecule has 0 aromatic rings. The lowest BCUT2D eigenvalue weighted by Gasteiger charge is -2.58. The van der Waals surface area contributed by atoms with Gasteiger partial charge in [-0.25, -0.2) is 9.59 Å². The van der Waals surface area contributed by atoms with Gasteiger partial charge in [-0.15, -0.1) is 0 Å². The second-order valence-corrected chi connectivity index (χ2v) is 11.8. The Bertz CT molecular complexity index is 1130. The lowest BCUT2D eigenvalue weighted by Crippen LogP contribution is -2.66. The van der Waals surface area contributed by atoms with E-state index < -0.39 is 53.0 Å². The fraction of sp³-hybridized carbons (Fsp3) is 0.655. The van der Waals surface area contributed by atoms with Crippen LogP contribution in [0.4, 0.5) is 0 Å². The molecule has 10 unspecified atom stereocenters. The van der Waals surface area contributed by atoms with Crippen LogP contribution in [0.15, 0.2) is 47.6 Å². The molecule has 4 aliphatic heterocycles. The molecule has 1 saturated carbocycles. The highest BCUT2D eigenvalue weighted by Gasteiger charge is 2.83. The number of hydrogen-bond donors (Lipinski definition) is 1. The van der Waals surface area contributed by atoms with Gasteiger partial charge in [0, 0.05) is 24.0 Å². The van der Waals surface area contributed by atoms with E-state index in [1.165, 1.54) is 17.7 Å². The Kier molecular flexibility index (Phi) is 6.23. The molecule has 1 N–H and O–H groups in total. The molecule has 9 nitrogen and oxygen atoms in total. The van der Waals surface area contributed by atoms with Gasteiger partial charge in [0.05, 0.1) is 30.3 Å². The molecule has 4 fully saturated rings. The first-order chi connectivity index (χ1) is 18.1. The van der Waals surface area contributed by atoms with E-state index >= 15 is 0 Å². The zero-order chi connectivity index (χ0) is 26.9. The molecular weight excluding hydrogens is 492 g/mol. The molecular formula is C29H36O9. The number of hydrogen-bond acceptors (Lipinski definition) is 9. The summed E-state index contributed by atoms with van der Waals surface area (Å²) in [5.74, 6) is -1.03. The third-order valence-electron chi connectivity index (χ3n) is 9.76. The number of epoxide rings is 1. The van der Waals surface area contributed by atoms with Crippen molar-refractivity contribution >= 4 is 11.9 Å². The van der Waals surface area contributed by atoms with E-state index in [0.29, 0.717) is 25.0 Å². The Labute approximate surface area is 222 Å². The fourth-order valence-corrected chi connectivity index (χ4v) is 7.29. The van der Waals surface area contributed by atoms with Gasteiger partial charge in [0.2, 0.25) is 0 Å². The maximum atomic E-state index is 13.1. The summed E-state index contributed by atoms with van der Waals surface area (Å²) in [6.45, 7) is 8.24. The number of carbonyl (C=O) groups is 2. The highest BCUT2D eigenvalue weighted by Crippen LogP contribution is 2.72. The van der Waals surface area contributed by atoms with E-state index in [4.69, 9.17) is 28.4 Å². The molecule has 4 bridgehead atoms. The van der Waals surface area contributed by atoms with Crippen molar-refractivity contribution in [3.8, 4) is 0 Å². The summed E-state index contributed by atoms with van der Waals surface area (Å²) in [5.41, 5.74) is -0.284. The van der Waals surface area contributed by atoms with E-state index in [9.17, 15) is 14.7 Å². The molecule has 2 aliphatic carbocycles. The van der Waals surface area contributed by atoms with Crippen LogP contribution in [0.1, 0.15) is 47.0 Å². The average molecular weight is 529 g/mol. The van der Waals surface area contributed by atoms with E-state index in [2.05, 4.69) is 19.9 Å². The third kappa shape index (κ3) is 3.78. The second kappa shape index (κ2) is 9.13. The lowest BCUT2D eigenvalue weighted by molar-refractivity contribution is -0.232. The number of aliphatic hydroxyl groups excluding tert-OH is 1. The van der Waals surface area contributed by atoms with Crippen molar-refractivity contribution in [3.63, 3.8) is 0 Å². The summed E-state index contributed by atoms with van der Waals surface area (Å²) in [6, 6.07) is 0. The monoisotopic (exact) mass is 528 g/mol. The maximum absolute atomic E-state index is 13.1. The SMILES string of the molecule is CC1=CC2OC3CC4OC(=O)/C=C\C=C/C5OC(OC5C)C(O)/C(C)=C\C(=O)OCC2(CC1)C4(C)C31CO1. The van der Waals surface area contributed by atoms with E-state index in [1.807, 2.05) is 6.92 Å². The Morgan fingerprint density at radius 3 is 2.58 bits per heavy atom. The zero-order valence-electron chi connectivity index (χ0n) is 22.3. The van der Waals surface area contributed by atoms with Crippen LogP contribution in [0.3, 0.4) is 0 Å². The summed E-state index contributed by atoms with van der Waals surface area (Å²) in [4.78, 5) is 26.0. The molecule has 4 heterocycles. The first kappa shape index (κ1) is 26.0. The van der Waals surface area contributed by atoms with Crippen LogP contribution >= 0.6 is 0 Å². The van der Waals surface area contributed by atoms with Gasteiger partial charge in [-0.3, -0.25) is 0 Å². The smallest absolute Gasteiger partial charge is 0.331 e. The molecule has 3 saturated heterocycles. The summed E-state index contributed by atoms with van der Waals surface area (Å²) in [6.07, 6.45) is 8.09. The number of rotatable bonds is 0. The lowest BCUT2D eigenvalue weighted by atomic mass is 9.51. The molecule has 0 aromatic carbocycles. The van der Waals surface area contributed by atoms with Crippen LogP contribution in [-0.2, 0) is 38.0 Å². The minimum absolute atomic E-state index is 0.0661. The predicted molar refractivity (Wildman–Crippen MR) is 134 cm³/mol. The van der Waals surface area contributed by atoms with Gasteiger partial charge in [-0.1, -0.05) is 36.8 Å². The molecule has 38 heavy (non-hydrogen) atoms. The van der Waals surface area contributed by atoms with Crippen LogP contribution in [-0.4, -0.2) is 78.8 Å². The number of allylic oxidation sites excluding steroid dienone is 3. The molecule has 9 heteroatoms. The maximum Gasteiger partial charge on any atom is 0.331 e. The van der Waals surface area contributed by atoms with Gasteiger partial charge >= 0.3 is 11.9 Å². The van der Waals surface area contributed by atoms with Crippen LogP contribution in [0.2, 0.25) is 0 Å². The summed E-state index contributed by atoms with van der Waals surface area (Å²) in [5, 5.41) is 10.8. The Hall–Kier alpha value is -2.30. The standard InChI is InChI=1S/C29H36O9/c1-16-9-10-28-14-33-24(31)12-17(2)25(32)26-35-18(3)19(36-26)7-5-6-8-23(30)38-20-13-22(37-21(28)11-16)29(15-34-29)27(20,28)4/h5-8,11-12,18-22,25-26,32H,9-10,13-15H2,1-4H3/b7-5-,8-6-,17-12-. The third-order valence-corrected chi connectivity index (χ3v) is 9.76. The summed E-state index contributed by atoms with van der Waals surface area (Å²) >= 11 is 0. The van der Waals surface area contributed by atoms with Crippen LogP contribution in [0, 0.1) is 10.8 Å². The molecule has 6 rings (SSSR count). The topological polar surface area (TPSA) is 113 Å². The quantitative estimate of drug-likeness (QED) is 0.288. The summed E-state index contributed by atoms with van der Waals surface area (Å²) in [7, 11) is 0. The van der Waals surface area contributed by atoms with Crippen molar-refractivity contribution in [1.29, 1.82) is 0 Å². The highest BCUT2D eigenvalue weighted by molar-refractivity contribution is 5.83. The Morgan fingerprint density at radius 2 is 1.82 bits per heavy atom. The predicted octanol–water partition coefficient (Wildman–Crippen LogP) is 2.68. The zero-order valence-corrected chi connectivity index (χ0v) is 22.3. The van der Waals surface area contributed by atoms with Crippen molar-refractivity contribution in [3.05, 3.63) is 47.6 Å². The van der Waals surface area contributed by atoms with E-state index in [1.54, 1.807) is 25.2 Å². The average Bonchev–Trinajstić information content (AvgIpc) is 3.57. The van der Waals surface area contributed by atoms with Crippen LogP contribution in [0.5, 0.6) is 0 Å². The van der Waals surface area contributed by atoms with Crippen LogP contribution < -0.4 is 0 Å². The van der Waals surface area contributed by atoms with E-state index in [-0.39, 0.29) is 24.9 Å². The largest absolute Gasteiger partial charge is 0.462 e. The number of fused-ring (bicyclic) bond motifs is 2. The van der Waals surface area contributed by atoms with Gasteiger partial charge in [-0.2, -0.15) is 0 Å². The number of ether oxygens (including phenoxy) is 6. The van der Waals surface area contributed by atoms with Crippen molar-refractivity contribution in [1.82, 2.24) is 0 Å². The second-order valence-electron chi connectivity index (χ2n) is 11.8. The van der Waals surface area contributed by atoms with Gasteiger partial charge in [-0.05, 0) is 39.2 Å². The first-order valence-electron chi connectivity index (χ1n) is 13.5. The minimum Gasteiger partial charge on any atom is -0.462 e. The Balaban J connectivity index is 1.39. The number of aliphatic hydroxyl groups is 1. The van der Waals surface area contributed by atoms with Gasteiger partial charge in [0.25, 0.3) is 0 Å². The van der Waals surface area contributed by atoms with Crippen LogP contribution in [0.25, 0.3) is 0 Å². The minimum atomic E-state index is -1.14. The van der Waals surface area contributed by atoms with Gasteiger partial charge in [0.15, 0.2) is 6.29 Å². The molecule has 0 radical (unpaired) electrons. The van der Waals surface area contributed by atoms with Gasteiger partial charge in [0.1, 0.15) is 30.5 Å². The fourth-order valence-electron chi connectivity index (χ4n) is 7.29. The van der Waals surface area contributed by atoms with Gasteiger partial charge < -0.3 is 33.5 Å². The number of cyclic esters (lactones) is 1. The van der Waals surface area contributed by atoms with Crippen molar-refractivity contribution in [2.75, 3.05) is 13.2 Å². The van der Waals surface area contributed by atoms with Crippen molar-refractivity contribution in [2.24, 2.45) is 10.8 Å². The van der Waals surface area contributed by atoms with E-state index in [0.717, 1.165) is 6.42 Å². The Morgan fingerprint density at radius 1 is 1.03 bits per heavy atom. The normalized spacial score (nSPS) is 51.4. The molecule has 2 spiro atoms.